The zero-order valence-corrected chi connectivity index (χ0v) is 30.5. The molecule has 4 heterocycles. The maximum atomic E-state index is 6.37. The molecule has 0 saturated heterocycles. The minimum Gasteiger partial charge on any atom is -0.456 e. The summed E-state index contributed by atoms with van der Waals surface area (Å²) in [6.45, 7) is 0. The van der Waals surface area contributed by atoms with Crippen molar-refractivity contribution in [3.8, 4) is 45.5 Å². The zero-order valence-electron chi connectivity index (χ0n) is 30.5. The number of hydrogen-bond acceptors (Lipinski definition) is 4. The van der Waals surface area contributed by atoms with E-state index in [2.05, 4.69) is 173 Å². The maximum absolute atomic E-state index is 6.37. The quantitative estimate of drug-likeness (QED) is 0.177. The molecule has 0 atom stereocenters. The molecule has 6 nitrogen and oxygen atoms in total. The van der Waals surface area contributed by atoms with Crippen LogP contribution in [0.3, 0.4) is 0 Å². The lowest BCUT2D eigenvalue weighted by Crippen LogP contribution is -2.07. The van der Waals surface area contributed by atoms with E-state index in [0.717, 1.165) is 88.1 Å². The zero-order chi connectivity index (χ0) is 37.5. The fourth-order valence-electron chi connectivity index (χ4n) is 8.61. The summed E-state index contributed by atoms with van der Waals surface area (Å²) < 4.78 is 11.0. The van der Waals surface area contributed by atoms with Crippen LogP contribution in [0.1, 0.15) is 0 Å². The molecule has 57 heavy (non-hydrogen) atoms. The lowest BCUT2D eigenvalue weighted by Gasteiger charge is -2.13. The van der Waals surface area contributed by atoms with E-state index in [1.807, 2.05) is 24.3 Å². The number of para-hydroxylation sites is 4. The summed E-state index contributed by atoms with van der Waals surface area (Å²) in [4.78, 5) is 16.0. The topological polar surface area (TPSA) is 61.7 Å². The Balaban J connectivity index is 1.19. The Labute approximate surface area is 326 Å². The molecule has 0 aliphatic heterocycles. The van der Waals surface area contributed by atoms with Gasteiger partial charge in [-0.25, -0.2) is 4.98 Å². The van der Waals surface area contributed by atoms with E-state index < -0.39 is 0 Å². The van der Waals surface area contributed by atoms with Crippen molar-refractivity contribution < 1.29 is 4.42 Å². The summed E-state index contributed by atoms with van der Waals surface area (Å²) in [5.74, 6) is 1.68. The summed E-state index contributed by atoms with van der Waals surface area (Å²) >= 11 is 0. The molecule has 0 amide bonds. The maximum Gasteiger partial charge on any atom is 0.238 e. The van der Waals surface area contributed by atoms with Gasteiger partial charge in [0.2, 0.25) is 5.95 Å². The lowest BCUT2D eigenvalue weighted by molar-refractivity contribution is 0.669. The summed E-state index contributed by atoms with van der Waals surface area (Å²) in [5, 5.41) is 6.72. The average Bonchev–Trinajstić information content (AvgIpc) is 3.94. The molecule has 0 aliphatic rings. The van der Waals surface area contributed by atoms with Crippen LogP contribution in [0.2, 0.25) is 0 Å². The first kappa shape index (κ1) is 31.5. The smallest absolute Gasteiger partial charge is 0.238 e. The van der Waals surface area contributed by atoms with Crippen molar-refractivity contribution in [2.24, 2.45) is 0 Å². The fourth-order valence-corrected chi connectivity index (χ4v) is 8.61. The van der Waals surface area contributed by atoms with Gasteiger partial charge >= 0.3 is 0 Å². The number of aromatic nitrogens is 5. The summed E-state index contributed by atoms with van der Waals surface area (Å²) in [7, 11) is 0. The Bertz CT molecular complexity index is 3520. The van der Waals surface area contributed by atoms with Gasteiger partial charge in [0.15, 0.2) is 11.6 Å². The van der Waals surface area contributed by atoms with Crippen LogP contribution < -0.4 is 0 Å². The van der Waals surface area contributed by atoms with Gasteiger partial charge in [0, 0.05) is 49.1 Å². The van der Waals surface area contributed by atoms with Gasteiger partial charge in [-0.1, -0.05) is 140 Å². The molecule has 0 unspecified atom stereocenters. The number of fused-ring (bicyclic) bond motifs is 10. The second kappa shape index (κ2) is 12.3. The van der Waals surface area contributed by atoms with E-state index >= 15 is 0 Å². The molecule has 0 N–H and O–H groups in total. The highest BCUT2D eigenvalue weighted by Crippen LogP contribution is 2.42. The SMILES string of the molecule is c1ccc(-c2cccc(-c3nc(-c4ccc5c(c4)oc4ccccc45)nc(-n4c5ccccc5c5ccc6c7ccccc7n(-c7ccccc7)c6c54)n3)c2)cc1. The highest BCUT2D eigenvalue weighted by molar-refractivity contribution is 6.23. The number of hydrogen-bond donors (Lipinski definition) is 0. The van der Waals surface area contributed by atoms with E-state index in [1.54, 1.807) is 0 Å². The van der Waals surface area contributed by atoms with E-state index in [-0.39, 0.29) is 0 Å². The van der Waals surface area contributed by atoms with Gasteiger partial charge < -0.3 is 8.98 Å². The molecular formula is C51H31N5O. The van der Waals surface area contributed by atoms with Crippen LogP contribution in [0.4, 0.5) is 0 Å². The molecule has 4 aromatic heterocycles. The number of nitrogens with zero attached hydrogens (tertiary/aromatic N) is 5. The molecule has 0 saturated carbocycles. The summed E-state index contributed by atoms with van der Waals surface area (Å²) in [5.41, 5.74) is 10.9. The van der Waals surface area contributed by atoms with Gasteiger partial charge in [-0.3, -0.25) is 4.57 Å². The first-order valence-electron chi connectivity index (χ1n) is 19.1. The second-order valence-electron chi connectivity index (χ2n) is 14.4. The molecule has 0 fully saturated rings. The van der Waals surface area contributed by atoms with Gasteiger partial charge in [0.25, 0.3) is 0 Å². The van der Waals surface area contributed by atoms with Crippen LogP contribution in [0.5, 0.6) is 0 Å². The predicted octanol–water partition coefficient (Wildman–Crippen LogP) is 13.0. The molecule has 0 bridgehead atoms. The molecule has 266 valence electrons. The lowest BCUT2D eigenvalue weighted by atomic mass is 10.0. The first-order valence-corrected chi connectivity index (χ1v) is 19.1. The Hall–Kier alpha value is -7.83. The Morgan fingerprint density at radius 2 is 0.860 bits per heavy atom. The standard InChI is InChI=1S/C51H31N5O/c1-3-14-32(15-4-1)33-16-13-17-34(30-33)49-52-50(35-26-27-40-39-22-9-12-25-45(39)57-46(40)31-35)54-51(53-49)56-44-24-11-8-21-38(44)42-29-28-41-37-20-7-10-23-43(37)55(47(41)48(42)56)36-18-5-2-6-19-36/h1-31H. The highest BCUT2D eigenvalue weighted by atomic mass is 16.3. The van der Waals surface area contributed by atoms with E-state index in [9.17, 15) is 0 Å². The van der Waals surface area contributed by atoms with E-state index in [4.69, 9.17) is 19.4 Å². The Morgan fingerprint density at radius 1 is 0.333 bits per heavy atom. The van der Waals surface area contributed by atoms with Gasteiger partial charge in [-0.15, -0.1) is 0 Å². The summed E-state index contributed by atoms with van der Waals surface area (Å²) in [6.07, 6.45) is 0. The van der Waals surface area contributed by atoms with Crippen molar-refractivity contribution in [1.29, 1.82) is 0 Å². The Morgan fingerprint density at radius 3 is 1.60 bits per heavy atom. The van der Waals surface area contributed by atoms with Crippen LogP contribution in [-0.2, 0) is 0 Å². The fraction of sp³-hybridized carbons (Fsp3) is 0. The molecule has 8 aromatic carbocycles. The van der Waals surface area contributed by atoms with Gasteiger partial charge in [0.05, 0.1) is 22.1 Å². The van der Waals surface area contributed by atoms with Gasteiger partial charge in [-0.2, -0.15) is 9.97 Å². The van der Waals surface area contributed by atoms with E-state index in [1.165, 1.54) is 5.39 Å². The first-order chi connectivity index (χ1) is 28.3. The van der Waals surface area contributed by atoms with Crippen molar-refractivity contribution in [2.45, 2.75) is 0 Å². The van der Waals surface area contributed by atoms with E-state index in [0.29, 0.717) is 17.6 Å². The van der Waals surface area contributed by atoms with Crippen molar-refractivity contribution in [2.75, 3.05) is 0 Å². The van der Waals surface area contributed by atoms with Crippen LogP contribution >= 0.6 is 0 Å². The third-order valence-electron chi connectivity index (χ3n) is 11.2. The normalized spacial score (nSPS) is 11.9. The van der Waals surface area contributed by atoms with Crippen molar-refractivity contribution in [1.82, 2.24) is 24.1 Å². The number of furan rings is 1. The van der Waals surface area contributed by atoms with Crippen LogP contribution in [0.15, 0.2) is 192 Å². The molecular weight excluding hydrogens is 699 g/mol. The van der Waals surface area contributed by atoms with Crippen LogP contribution in [0.25, 0.3) is 111 Å². The molecule has 0 aliphatic carbocycles. The highest BCUT2D eigenvalue weighted by Gasteiger charge is 2.23. The van der Waals surface area contributed by atoms with Crippen LogP contribution in [-0.4, -0.2) is 24.1 Å². The minimum atomic E-state index is 0.536. The third-order valence-corrected chi connectivity index (χ3v) is 11.2. The average molecular weight is 730 g/mol. The van der Waals surface area contributed by atoms with Gasteiger partial charge in [0.1, 0.15) is 11.2 Å². The third kappa shape index (κ3) is 4.87. The molecule has 0 radical (unpaired) electrons. The molecule has 0 spiro atoms. The Kier molecular flexibility index (Phi) is 6.83. The van der Waals surface area contributed by atoms with Crippen LogP contribution in [0, 0.1) is 0 Å². The predicted molar refractivity (Wildman–Crippen MR) is 232 cm³/mol. The largest absolute Gasteiger partial charge is 0.456 e. The van der Waals surface area contributed by atoms with Gasteiger partial charge in [-0.05, 0) is 59.7 Å². The van der Waals surface area contributed by atoms with Crippen molar-refractivity contribution in [3.05, 3.63) is 188 Å². The molecule has 12 aromatic rings. The molecule has 12 rings (SSSR count). The number of benzene rings is 8. The summed E-state index contributed by atoms with van der Waals surface area (Å²) in [6, 6.07) is 65.5. The number of rotatable bonds is 5. The van der Waals surface area contributed by atoms with Crippen molar-refractivity contribution in [3.63, 3.8) is 0 Å². The molecule has 6 heteroatoms. The van der Waals surface area contributed by atoms with Crippen molar-refractivity contribution >= 4 is 65.6 Å². The second-order valence-corrected chi connectivity index (χ2v) is 14.4. The monoisotopic (exact) mass is 729 g/mol. The minimum absolute atomic E-state index is 0.536.